The quantitative estimate of drug-likeness (QED) is 0.0350. The van der Waals surface area contributed by atoms with E-state index in [1.54, 1.807) is 83.2 Å². The van der Waals surface area contributed by atoms with Crippen molar-refractivity contribution >= 4 is 33.2 Å². The van der Waals surface area contributed by atoms with E-state index in [4.69, 9.17) is 22.8 Å². The predicted octanol–water partition coefficient (Wildman–Crippen LogP) is 7.43. The van der Waals surface area contributed by atoms with Gasteiger partial charge in [0.2, 0.25) is 0 Å². The number of hydrogen-bond acceptors (Lipinski definition) is 10. The molecule has 0 aliphatic carbocycles. The van der Waals surface area contributed by atoms with Gasteiger partial charge in [0, 0.05) is 40.8 Å². The Bertz CT molecular complexity index is 2460. The molecule has 5 N–H and O–H groups in total. The summed E-state index contributed by atoms with van der Waals surface area (Å²) in [6.07, 6.45) is 2.55. The average Bonchev–Trinajstić information content (AvgIpc) is 3.83. The van der Waals surface area contributed by atoms with Crippen LogP contribution in [0.1, 0.15) is 71.7 Å². The van der Waals surface area contributed by atoms with Gasteiger partial charge in [0.05, 0.1) is 33.9 Å². The van der Waals surface area contributed by atoms with Gasteiger partial charge in [-0.2, -0.15) is 17.6 Å². The van der Waals surface area contributed by atoms with Gasteiger partial charge in [0.25, 0.3) is 29.1 Å². The van der Waals surface area contributed by atoms with Crippen molar-refractivity contribution in [1.29, 1.82) is 0 Å². The molecule has 0 spiro atoms. The van der Waals surface area contributed by atoms with E-state index in [1.165, 1.54) is 22.7 Å². The maximum atomic E-state index is 13.0. The fourth-order valence-electron chi connectivity index (χ4n) is 4.78. The molecule has 336 valence electrons. The van der Waals surface area contributed by atoms with Crippen LogP contribution >= 0.6 is 0 Å². The minimum absolute atomic E-state index is 0. The SMILES string of the molecule is CC(C)(C)OO.CC(C)(O)c1ccc(-c2cn3c(C(F)F)ccc3c(=O)[nH]2)cc1.CC(C)(O)c1ccc(-c2cn3cccc3c(=O)[nH]2)cc1.O=S([O-])C(F)F.O=S([O-])C(F)F.[Zn+2]. The molecular formula is C39H44F6N4O10S2Zn. The summed E-state index contributed by atoms with van der Waals surface area (Å²) in [7, 11) is 0. The number of nitrogens with one attached hydrogen (secondary N) is 2. The summed E-state index contributed by atoms with van der Waals surface area (Å²) in [5.74, 6) is -6.46. The second kappa shape index (κ2) is 23.9. The standard InChI is InChI=1S/C17H16F2N2O2.C16H16N2O2.C4H10O2.2CH2F2O2S.Zn/c1-17(2,23)11-5-3-10(4-6-11)12-9-21-13(15(18)19)7-8-14(21)16(22)20-12;1-16(2,20)12-7-5-11(6-8-12)13-10-18-9-3-4-14(18)15(19)17-13;1-4(2,3)6-5;2*2-1(3)6(4)5;/h3-9,15,23H,1-2H3,(H,20,22);3-10,20H,1-2H3,(H,17,19);5H,1-3H3;2*1H,(H,4,5);/q;;;;;+2/p-2. The third-order valence-electron chi connectivity index (χ3n) is 7.81. The number of nitrogens with zero attached hydrogens (tertiary/aromatic N) is 2. The van der Waals surface area contributed by atoms with Gasteiger partial charge in [-0.1, -0.05) is 48.5 Å². The molecular weight excluding hydrogens is 928 g/mol. The van der Waals surface area contributed by atoms with Crippen molar-refractivity contribution in [2.45, 2.75) is 83.2 Å². The van der Waals surface area contributed by atoms with Crippen LogP contribution in [0, 0.1) is 0 Å². The van der Waals surface area contributed by atoms with Crippen molar-refractivity contribution in [2.75, 3.05) is 0 Å². The third kappa shape index (κ3) is 17.4. The summed E-state index contributed by atoms with van der Waals surface area (Å²) < 4.78 is 107. The Hall–Kier alpha value is -4.32. The molecule has 23 heteroatoms. The molecule has 0 saturated heterocycles. The van der Waals surface area contributed by atoms with E-state index in [1.807, 2.05) is 42.7 Å². The molecule has 0 saturated carbocycles. The molecule has 4 heterocycles. The Kier molecular flexibility index (Phi) is 21.5. The summed E-state index contributed by atoms with van der Waals surface area (Å²) in [5.41, 5.74) is 2.12. The predicted molar refractivity (Wildman–Crippen MR) is 216 cm³/mol. The van der Waals surface area contributed by atoms with E-state index in [2.05, 4.69) is 14.9 Å². The number of H-pyrrole nitrogens is 2. The molecule has 14 nitrogen and oxygen atoms in total. The molecule has 0 aliphatic heterocycles. The minimum atomic E-state index is -3.23. The first-order valence-electron chi connectivity index (χ1n) is 17.5. The Balaban J connectivity index is 0.000000444. The zero-order chi connectivity index (χ0) is 46.6. The van der Waals surface area contributed by atoms with Crippen LogP contribution in [0.3, 0.4) is 0 Å². The molecule has 0 amide bonds. The first-order chi connectivity index (χ1) is 28.1. The van der Waals surface area contributed by atoms with Gasteiger partial charge in [0.15, 0.2) is 0 Å². The zero-order valence-electron chi connectivity index (χ0n) is 34.3. The Morgan fingerprint density at radius 3 is 1.35 bits per heavy atom. The number of rotatable bonds is 7. The van der Waals surface area contributed by atoms with E-state index in [9.17, 15) is 46.1 Å². The first kappa shape index (κ1) is 55.7. The molecule has 2 unspecified atom stereocenters. The number of halogens is 6. The number of alkyl halides is 6. The largest absolute Gasteiger partial charge is 2.00 e. The van der Waals surface area contributed by atoms with Crippen molar-refractivity contribution < 1.29 is 83.7 Å². The van der Waals surface area contributed by atoms with Gasteiger partial charge >= 0.3 is 19.5 Å². The molecule has 62 heavy (non-hydrogen) atoms. The summed E-state index contributed by atoms with van der Waals surface area (Å²) in [6.45, 7) is 12.1. The number of fused-ring (bicyclic) bond motifs is 2. The first-order valence-corrected chi connectivity index (χ1v) is 19.8. The van der Waals surface area contributed by atoms with Gasteiger partial charge in [-0.25, -0.2) is 13.7 Å². The van der Waals surface area contributed by atoms with Crippen LogP contribution in [-0.2, 0) is 57.7 Å². The van der Waals surface area contributed by atoms with Crippen LogP contribution in [-0.4, -0.2) is 68.9 Å². The van der Waals surface area contributed by atoms with Crippen LogP contribution in [0.5, 0.6) is 0 Å². The maximum absolute atomic E-state index is 13.0. The van der Waals surface area contributed by atoms with Crippen LogP contribution in [0.15, 0.2) is 101 Å². The van der Waals surface area contributed by atoms with E-state index in [0.29, 0.717) is 16.8 Å². The summed E-state index contributed by atoms with van der Waals surface area (Å²) in [4.78, 5) is 33.5. The molecule has 6 aromatic rings. The van der Waals surface area contributed by atoms with Crippen molar-refractivity contribution in [3.8, 4) is 22.5 Å². The van der Waals surface area contributed by atoms with E-state index >= 15 is 0 Å². The van der Waals surface area contributed by atoms with Gasteiger partial charge < -0.3 is 38.1 Å². The Morgan fingerprint density at radius 2 is 1.02 bits per heavy atom. The number of aromatic nitrogens is 4. The molecule has 4 aromatic heterocycles. The number of hydrogen-bond donors (Lipinski definition) is 5. The molecule has 0 bridgehead atoms. The minimum Gasteiger partial charge on any atom is -0.768 e. The van der Waals surface area contributed by atoms with E-state index in [-0.39, 0.29) is 36.2 Å². The maximum Gasteiger partial charge on any atom is 2.00 e. The van der Waals surface area contributed by atoms with Crippen molar-refractivity contribution in [1.82, 2.24) is 18.8 Å². The van der Waals surface area contributed by atoms with E-state index < -0.39 is 62.5 Å². The average molecular weight is 972 g/mol. The molecule has 6 rings (SSSR count). The summed E-state index contributed by atoms with van der Waals surface area (Å²) in [6, 6.07) is 20.7. The third-order valence-corrected chi connectivity index (χ3v) is 8.39. The smallest absolute Gasteiger partial charge is 0.768 e. The zero-order valence-corrected chi connectivity index (χ0v) is 38.9. The molecule has 2 atom stereocenters. The van der Waals surface area contributed by atoms with Gasteiger partial charge in [-0.3, -0.25) is 23.3 Å². The number of aromatic amines is 2. The second-order valence-electron chi connectivity index (χ2n) is 14.6. The second-order valence-corrected chi connectivity index (χ2v) is 16.4. The molecule has 2 aromatic carbocycles. The Labute approximate surface area is 368 Å². The number of benzene rings is 2. The summed E-state index contributed by atoms with van der Waals surface area (Å²) >= 11 is -6.40. The van der Waals surface area contributed by atoms with E-state index in [0.717, 1.165) is 22.4 Å². The molecule has 0 radical (unpaired) electrons. The van der Waals surface area contributed by atoms with Crippen LogP contribution in [0.2, 0.25) is 0 Å². The van der Waals surface area contributed by atoms with Crippen LogP contribution in [0.25, 0.3) is 33.5 Å². The fraction of sp³-hybridized carbons (Fsp3) is 0.333. The fourth-order valence-corrected chi connectivity index (χ4v) is 4.78. The topological polar surface area (TPSA) is 225 Å². The van der Waals surface area contributed by atoms with Crippen molar-refractivity contribution in [3.63, 3.8) is 0 Å². The Morgan fingerprint density at radius 1 is 0.645 bits per heavy atom. The summed E-state index contributed by atoms with van der Waals surface area (Å²) in [5, 5.41) is 27.8. The van der Waals surface area contributed by atoms with Crippen molar-refractivity contribution in [3.05, 3.63) is 129 Å². The van der Waals surface area contributed by atoms with Crippen molar-refractivity contribution in [2.24, 2.45) is 0 Å². The van der Waals surface area contributed by atoms with Gasteiger partial charge in [0.1, 0.15) is 11.0 Å². The number of aliphatic hydroxyl groups is 2. The molecule has 0 aliphatic rings. The van der Waals surface area contributed by atoms with Gasteiger partial charge in [-0.05, 0) is 95.0 Å². The monoisotopic (exact) mass is 970 g/mol. The normalized spacial score (nSPS) is 12.5. The van der Waals surface area contributed by atoms with Crippen LogP contribution in [0.4, 0.5) is 26.3 Å². The van der Waals surface area contributed by atoms with Gasteiger partial charge in [-0.15, -0.1) is 0 Å². The molecule has 0 fully saturated rings. The van der Waals surface area contributed by atoms with Crippen LogP contribution < -0.4 is 11.1 Å².